The molecule has 0 unspecified atom stereocenters. The highest BCUT2D eigenvalue weighted by molar-refractivity contribution is 6.04. The molecule has 252 valence electrons. The molecule has 0 saturated carbocycles. The lowest BCUT2D eigenvalue weighted by atomic mass is 9.81. The van der Waals surface area contributed by atoms with Crippen LogP contribution in [0.3, 0.4) is 0 Å². The van der Waals surface area contributed by atoms with Gasteiger partial charge in [0.1, 0.15) is 0 Å². The van der Waals surface area contributed by atoms with Crippen LogP contribution in [-0.2, 0) is 10.8 Å². The van der Waals surface area contributed by atoms with Crippen LogP contribution in [0.15, 0.2) is 164 Å². The van der Waals surface area contributed by atoms with Crippen molar-refractivity contribution in [2.75, 3.05) is 4.90 Å². The molecule has 0 saturated heterocycles. The van der Waals surface area contributed by atoms with E-state index in [1.807, 2.05) is 0 Å². The second kappa shape index (κ2) is 10.7. The van der Waals surface area contributed by atoms with E-state index in [0.29, 0.717) is 0 Å². The van der Waals surface area contributed by atoms with E-state index in [9.17, 15) is 0 Å². The second-order valence-electron chi connectivity index (χ2n) is 16.2. The van der Waals surface area contributed by atoms with Crippen LogP contribution >= 0.6 is 0 Å². The van der Waals surface area contributed by atoms with E-state index < -0.39 is 0 Å². The van der Waals surface area contributed by atoms with Gasteiger partial charge in [-0.15, -0.1) is 0 Å². The molecule has 2 aliphatic carbocycles. The van der Waals surface area contributed by atoms with Crippen LogP contribution in [-0.4, -0.2) is 0 Å². The average Bonchev–Trinajstić information content (AvgIpc) is 3.54. The molecular weight excluding hydrogens is 639 g/mol. The molecule has 0 radical (unpaired) electrons. The summed E-state index contributed by atoms with van der Waals surface area (Å²) < 4.78 is 0. The summed E-state index contributed by atoms with van der Waals surface area (Å²) in [4.78, 5) is 2.46. The van der Waals surface area contributed by atoms with E-state index in [4.69, 9.17) is 0 Å². The van der Waals surface area contributed by atoms with Crippen molar-refractivity contribution >= 4 is 60.2 Å². The Bertz CT molecular complexity index is 3010. The van der Waals surface area contributed by atoms with Gasteiger partial charge in [0, 0.05) is 27.9 Å². The maximum Gasteiger partial charge on any atom is 0.0468 e. The molecule has 1 nitrogen and oxygen atoms in total. The van der Waals surface area contributed by atoms with Gasteiger partial charge in [-0.05, 0) is 148 Å². The van der Waals surface area contributed by atoms with Crippen molar-refractivity contribution in [3.8, 4) is 22.3 Å². The standard InChI is InChI=1S/C52H39N/c1-51(2)46-24-19-33-12-9-10-16-42(33)50(46)43-23-22-41(31-49(43)51)53(39-20-17-32-11-5-6-13-34(32)25-39)40-21-18-37-28-45-44-27-35-14-7-8-15-36(35)29-47(44)52(3,4)48(45)30-38(37)26-40/h5-31H,1-4H3. The van der Waals surface area contributed by atoms with E-state index in [1.54, 1.807) is 0 Å². The van der Waals surface area contributed by atoms with Gasteiger partial charge >= 0.3 is 0 Å². The number of rotatable bonds is 3. The monoisotopic (exact) mass is 677 g/mol. The molecule has 1 heteroatoms. The summed E-state index contributed by atoms with van der Waals surface area (Å²) in [5, 5.41) is 10.2. The third-order valence-corrected chi connectivity index (χ3v) is 12.5. The number of hydrogen-bond donors (Lipinski definition) is 0. The number of fused-ring (bicyclic) bond motifs is 11. The molecule has 11 rings (SSSR count). The van der Waals surface area contributed by atoms with E-state index >= 15 is 0 Å². The molecule has 0 aromatic heterocycles. The maximum atomic E-state index is 2.46. The normalized spacial score (nSPS) is 14.7. The Morgan fingerprint density at radius 3 is 1.49 bits per heavy atom. The summed E-state index contributed by atoms with van der Waals surface area (Å²) in [6, 6.07) is 61.7. The molecule has 0 bridgehead atoms. The molecule has 2 aliphatic rings. The minimum Gasteiger partial charge on any atom is -0.310 e. The van der Waals surface area contributed by atoms with Gasteiger partial charge in [-0.25, -0.2) is 0 Å². The summed E-state index contributed by atoms with van der Waals surface area (Å²) in [7, 11) is 0. The molecule has 0 heterocycles. The molecule has 0 spiro atoms. The highest BCUT2D eigenvalue weighted by Crippen LogP contribution is 2.54. The lowest BCUT2D eigenvalue weighted by Gasteiger charge is -2.29. The summed E-state index contributed by atoms with van der Waals surface area (Å²) in [6.07, 6.45) is 0. The summed E-state index contributed by atoms with van der Waals surface area (Å²) in [5.74, 6) is 0. The molecule has 0 N–H and O–H groups in total. The highest BCUT2D eigenvalue weighted by Gasteiger charge is 2.38. The summed E-state index contributed by atoms with van der Waals surface area (Å²) in [5.41, 5.74) is 14.3. The zero-order valence-electron chi connectivity index (χ0n) is 30.5. The Morgan fingerprint density at radius 2 is 0.774 bits per heavy atom. The van der Waals surface area contributed by atoms with Crippen molar-refractivity contribution in [1.82, 2.24) is 0 Å². The van der Waals surface area contributed by atoms with Crippen molar-refractivity contribution in [2.45, 2.75) is 38.5 Å². The van der Waals surface area contributed by atoms with Crippen molar-refractivity contribution < 1.29 is 0 Å². The van der Waals surface area contributed by atoms with E-state index in [1.165, 1.54) is 93.3 Å². The Morgan fingerprint density at radius 1 is 0.321 bits per heavy atom. The first-order valence-electron chi connectivity index (χ1n) is 18.8. The van der Waals surface area contributed by atoms with Crippen LogP contribution in [0.2, 0.25) is 0 Å². The highest BCUT2D eigenvalue weighted by atomic mass is 15.1. The Kier molecular flexibility index (Phi) is 6.14. The van der Waals surface area contributed by atoms with Gasteiger partial charge in [0.15, 0.2) is 0 Å². The first kappa shape index (κ1) is 30.4. The Balaban J connectivity index is 1.10. The maximum absolute atomic E-state index is 2.46. The van der Waals surface area contributed by atoms with E-state index in [-0.39, 0.29) is 10.8 Å². The van der Waals surface area contributed by atoms with Crippen LogP contribution in [0.4, 0.5) is 17.1 Å². The fourth-order valence-corrected chi connectivity index (χ4v) is 9.69. The van der Waals surface area contributed by atoms with Gasteiger partial charge in [-0.1, -0.05) is 131 Å². The molecule has 9 aromatic carbocycles. The molecule has 0 fully saturated rings. The minimum atomic E-state index is -0.130. The summed E-state index contributed by atoms with van der Waals surface area (Å²) in [6.45, 7) is 9.54. The number of nitrogens with zero attached hydrogens (tertiary/aromatic N) is 1. The zero-order valence-corrected chi connectivity index (χ0v) is 30.5. The topological polar surface area (TPSA) is 3.24 Å². The number of benzene rings is 9. The third kappa shape index (κ3) is 4.31. The smallest absolute Gasteiger partial charge is 0.0468 e. The molecular formula is C52H39N. The fraction of sp³-hybridized carbons (Fsp3) is 0.115. The summed E-state index contributed by atoms with van der Waals surface area (Å²) >= 11 is 0. The van der Waals surface area contributed by atoms with Crippen molar-refractivity contribution in [3.05, 3.63) is 186 Å². The minimum absolute atomic E-state index is 0.0956. The van der Waals surface area contributed by atoms with Gasteiger partial charge < -0.3 is 4.90 Å². The fourth-order valence-electron chi connectivity index (χ4n) is 9.69. The predicted octanol–water partition coefficient (Wildman–Crippen LogP) is 14.4. The van der Waals surface area contributed by atoms with E-state index in [2.05, 4.69) is 196 Å². The van der Waals surface area contributed by atoms with Crippen LogP contribution in [0, 0.1) is 0 Å². The van der Waals surface area contributed by atoms with Crippen LogP contribution in [0.5, 0.6) is 0 Å². The van der Waals surface area contributed by atoms with Gasteiger partial charge in [0.05, 0.1) is 0 Å². The molecule has 0 amide bonds. The van der Waals surface area contributed by atoms with Gasteiger partial charge in [-0.2, -0.15) is 0 Å². The van der Waals surface area contributed by atoms with Crippen LogP contribution in [0.25, 0.3) is 65.3 Å². The SMILES string of the molecule is CC1(C)c2cc3ccccc3cc2-c2cc3ccc(N(c4ccc5c(c4)C(C)(C)c4ccc6ccccc6c4-5)c4ccc5ccccc5c4)cc3cc21. The van der Waals surface area contributed by atoms with Gasteiger partial charge in [0.25, 0.3) is 0 Å². The second-order valence-corrected chi connectivity index (χ2v) is 16.2. The molecule has 9 aromatic rings. The van der Waals surface area contributed by atoms with E-state index in [0.717, 1.165) is 11.4 Å². The zero-order chi connectivity index (χ0) is 35.6. The number of anilines is 3. The van der Waals surface area contributed by atoms with Gasteiger partial charge in [-0.3, -0.25) is 0 Å². The lowest BCUT2D eigenvalue weighted by molar-refractivity contribution is 0.661. The quantitative estimate of drug-likeness (QED) is 0.180. The Hall–Kier alpha value is -6.18. The van der Waals surface area contributed by atoms with Crippen molar-refractivity contribution in [3.63, 3.8) is 0 Å². The van der Waals surface area contributed by atoms with Crippen molar-refractivity contribution in [2.24, 2.45) is 0 Å². The van der Waals surface area contributed by atoms with Crippen molar-refractivity contribution in [1.29, 1.82) is 0 Å². The molecule has 0 atom stereocenters. The first-order valence-corrected chi connectivity index (χ1v) is 18.8. The van der Waals surface area contributed by atoms with Crippen LogP contribution in [0.1, 0.15) is 49.9 Å². The average molecular weight is 678 g/mol. The number of hydrogen-bond acceptors (Lipinski definition) is 1. The first-order chi connectivity index (χ1) is 25.8. The Labute approximate surface area is 310 Å². The lowest BCUT2D eigenvalue weighted by Crippen LogP contribution is -2.16. The predicted molar refractivity (Wildman–Crippen MR) is 226 cm³/mol. The van der Waals surface area contributed by atoms with Gasteiger partial charge in [0.2, 0.25) is 0 Å². The molecule has 0 aliphatic heterocycles. The third-order valence-electron chi connectivity index (χ3n) is 12.5. The largest absolute Gasteiger partial charge is 0.310 e. The van der Waals surface area contributed by atoms with Crippen LogP contribution < -0.4 is 4.90 Å². The molecule has 53 heavy (non-hydrogen) atoms.